The second kappa shape index (κ2) is 9.34. The Bertz CT molecular complexity index is 1100. The number of anilines is 1. The highest BCUT2D eigenvalue weighted by atomic mass is 16.5. The number of primary amides is 1. The van der Waals surface area contributed by atoms with Crippen LogP contribution >= 0.6 is 0 Å². The van der Waals surface area contributed by atoms with Crippen LogP contribution in [0.3, 0.4) is 0 Å². The third-order valence-corrected chi connectivity index (χ3v) is 5.27. The molecule has 4 rings (SSSR count). The Hall–Kier alpha value is -4.14. The molecule has 0 atom stereocenters. The van der Waals surface area contributed by atoms with Gasteiger partial charge in [0.1, 0.15) is 12.0 Å². The van der Waals surface area contributed by atoms with Crippen LogP contribution in [0.2, 0.25) is 0 Å². The number of hydrogen-bond donors (Lipinski definition) is 2. The van der Waals surface area contributed by atoms with Gasteiger partial charge in [0, 0.05) is 30.6 Å². The SMILES string of the molecule is NC(=O)c1cccc(Oc2ccc(NC(=O)C3CCN(C(=O)c4ccoc4)CC3)cn2)c1. The van der Waals surface area contributed by atoms with Crippen LogP contribution in [0.5, 0.6) is 11.6 Å². The number of carbonyl (C=O) groups excluding carboxylic acids is 3. The minimum atomic E-state index is -0.543. The molecule has 1 aliphatic rings. The molecule has 3 N–H and O–H groups in total. The molecular formula is C23H22N4O5. The Morgan fingerprint density at radius 2 is 1.91 bits per heavy atom. The van der Waals surface area contributed by atoms with Gasteiger partial charge in [0.15, 0.2) is 0 Å². The Morgan fingerprint density at radius 3 is 2.56 bits per heavy atom. The molecule has 9 nitrogen and oxygen atoms in total. The predicted molar refractivity (Wildman–Crippen MR) is 115 cm³/mol. The molecule has 1 saturated heterocycles. The van der Waals surface area contributed by atoms with Gasteiger partial charge >= 0.3 is 0 Å². The molecule has 0 saturated carbocycles. The van der Waals surface area contributed by atoms with E-state index in [-0.39, 0.29) is 17.7 Å². The zero-order valence-corrected chi connectivity index (χ0v) is 17.2. The molecular weight excluding hydrogens is 412 g/mol. The number of nitrogens with two attached hydrogens (primary N) is 1. The average molecular weight is 434 g/mol. The smallest absolute Gasteiger partial charge is 0.257 e. The van der Waals surface area contributed by atoms with Crippen molar-refractivity contribution < 1.29 is 23.5 Å². The van der Waals surface area contributed by atoms with Crippen LogP contribution in [0.4, 0.5) is 5.69 Å². The van der Waals surface area contributed by atoms with Crippen LogP contribution in [0.1, 0.15) is 33.6 Å². The lowest BCUT2D eigenvalue weighted by molar-refractivity contribution is -0.121. The average Bonchev–Trinajstić information content (AvgIpc) is 3.35. The Labute approximate surface area is 184 Å². The summed E-state index contributed by atoms with van der Waals surface area (Å²) < 4.78 is 10.6. The van der Waals surface area contributed by atoms with Crippen molar-refractivity contribution in [1.82, 2.24) is 9.88 Å². The summed E-state index contributed by atoms with van der Waals surface area (Å²) in [6.45, 7) is 1.02. The van der Waals surface area contributed by atoms with E-state index in [1.807, 2.05) is 0 Å². The first-order valence-corrected chi connectivity index (χ1v) is 10.2. The number of benzene rings is 1. The number of pyridine rings is 1. The molecule has 3 heterocycles. The fourth-order valence-electron chi connectivity index (χ4n) is 3.51. The number of piperidine rings is 1. The number of carbonyl (C=O) groups is 3. The van der Waals surface area contributed by atoms with Gasteiger partial charge < -0.3 is 25.1 Å². The molecule has 164 valence electrons. The van der Waals surface area contributed by atoms with Crippen LogP contribution in [-0.2, 0) is 4.79 Å². The summed E-state index contributed by atoms with van der Waals surface area (Å²) in [7, 11) is 0. The molecule has 9 heteroatoms. The first-order chi connectivity index (χ1) is 15.5. The van der Waals surface area contributed by atoms with Crippen LogP contribution in [0.25, 0.3) is 0 Å². The zero-order chi connectivity index (χ0) is 22.5. The molecule has 32 heavy (non-hydrogen) atoms. The van der Waals surface area contributed by atoms with Gasteiger partial charge in [0.25, 0.3) is 5.91 Å². The van der Waals surface area contributed by atoms with Crippen molar-refractivity contribution in [3.8, 4) is 11.6 Å². The minimum Gasteiger partial charge on any atom is -0.472 e. The molecule has 0 aliphatic carbocycles. The van der Waals surface area contributed by atoms with Crippen molar-refractivity contribution in [2.45, 2.75) is 12.8 Å². The lowest BCUT2D eigenvalue weighted by Crippen LogP contribution is -2.41. The standard InChI is InChI=1S/C23H22N4O5/c24-21(28)16-2-1-3-19(12-16)32-20-5-4-18(13-25-20)26-22(29)15-6-9-27(10-7-15)23(30)17-8-11-31-14-17/h1-5,8,11-15H,6-7,9-10H2,(H2,24,28)(H,26,29). The van der Waals surface area contributed by atoms with Crippen molar-refractivity contribution in [2.24, 2.45) is 11.7 Å². The van der Waals surface area contributed by atoms with Gasteiger partial charge in [-0.2, -0.15) is 0 Å². The predicted octanol–water partition coefficient (Wildman–Crippen LogP) is 3.06. The number of nitrogens with one attached hydrogen (secondary N) is 1. The highest BCUT2D eigenvalue weighted by Crippen LogP contribution is 2.23. The van der Waals surface area contributed by atoms with E-state index in [0.29, 0.717) is 54.4 Å². The van der Waals surface area contributed by atoms with E-state index in [1.165, 1.54) is 24.8 Å². The topological polar surface area (TPSA) is 128 Å². The summed E-state index contributed by atoms with van der Waals surface area (Å²) in [5, 5.41) is 2.86. The lowest BCUT2D eigenvalue weighted by Gasteiger charge is -2.31. The first-order valence-electron chi connectivity index (χ1n) is 10.2. The summed E-state index contributed by atoms with van der Waals surface area (Å²) in [5.41, 5.74) is 6.67. The molecule has 1 aliphatic heterocycles. The normalized spacial score (nSPS) is 14.1. The van der Waals surface area contributed by atoms with Gasteiger partial charge in [-0.05, 0) is 43.2 Å². The van der Waals surface area contributed by atoms with Crippen molar-refractivity contribution in [2.75, 3.05) is 18.4 Å². The van der Waals surface area contributed by atoms with Gasteiger partial charge in [0.2, 0.25) is 17.7 Å². The molecule has 0 unspecified atom stereocenters. The van der Waals surface area contributed by atoms with E-state index in [1.54, 1.807) is 41.3 Å². The molecule has 0 spiro atoms. The van der Waals surface area contributed by atoms with Gasteiger partial charge in [-0.25, -0.2) is 4.98 Å². The van der Waals surface area contributed by atoms with E-state index in [0.717, 1.165) is 0 Å². The van der Waals surface area contributed by atoms with Crippen molar-refractivity contribution in [3.63, 3.8) is 0 Å². The molecule has 2 aromatic heterocycles. The van der Waals surface area contributed by atoms with E-state index in [4.69, 9.17) is 14.9 Å². The molecule has 1 fully saturated rings. The maximum Gasteiger partial charge on any atom is 0.257 e. The Balaban J connectivity index is 1.29. The van der Waals surface area contributed by atoms with E-state index < -0.39 is 5.91 Å². The highest BCUT2D eigenvalue weighted by molar-refractivity contribution is 5.95. The van der Waals surface area contributed by atoms with E-state index in [2.05, 4.69) is 10.3 Å². The summed E-state index contributed by atoms with van der Waals surface area (Å²) in [6.07, 6.45) is 5.56. The molecule has 1 aromatic carbocycles. The third-order valence-electron chi connectivity index (χ3n) is 5.27. The van der Waals surface area contributed by atoms with Gasteiger partial charge in [-0.15, -0.1) is 0 Å². The van der Waals surface area contributed by atoms with Gasteiger partial charge in [0.05, 0.1) is 23.7 Å². The molecule has 0 radical (unpaired) electrons. The lowest BCUT2D eigenvalue weighted by atomic mass is 9.95. The Kier molecular flexibility index (Phi) is 6.16. The summed E-state index contributed by atoms with van der Waals surface area (Å²) >= 11 is 0. The molecule has 0 bridgehead atoms. The van der Waals surface area contributed by atoms with Crippen molar-refractivity contribution in [1.29, 1.82) is 0 Å². The van der Waals surface area contributed by atoms with Crippen LogP contribution in [0, 0.1) is 5.92 Å². The fourth-order valence-corrected chi connectivity index (χ4v) is 3.51. The number of amides is 3. The maximum atomic E-state index is 12.6. The maximum absolute atomic E-state index is 12.6. The van der Waals surface area contributed by atoms with Crippen LogP contribution < -0.4 is 15.8 Å². The minimum absolute atomic E-state index is 0.0845. The number of ether oxygens (including phenoxy) is 1. The number of aromatic nitrogens is 1. The molecule has 3 amide bonds. The summed E-state index contributed by atoms with van der Waals surface area (Å²) in [6, 6.07) is 11.4. The first kappa shape index (κ1) is 21.1. The van der Waals surface area contributed by atoms with Crippen molar-refractivity contribution >= 4 is 23.4 Å². The van der Waals surface area contributed by atoms with Gasteiger partial charge in [-0.3, -0.25) is 14.4 Å². The largest absolute Gasteiger partial charge is 0.472 e. The Morgan fingerprint density at radius 1 is 1.09 bits per heavy atom. The van der Waals surface area contributed by atoms with Crippen molar-refractivity contribution in [3.05, 3.63) is 72.3 Å². The number of hydrogen-bond acceptors (Lipinski definition) is 6. The van der Waals surface area contributed by atoms with Gasteiger partial charge in [-0.1, -0.05) is 6.07 Å². The second-order valence-electron chi connectivity index (χ2n) is 7.45. The van der Waals surface area contributed by atoms with E-state index >= 15 is 0 Å². The number of furan rings is 1. The number of nitrogens with zero attached hydrogens (tertiary/aromatic N) is 2. The van der Waals surface area contributed by atoms with Crippen LogP contribution in [-0.4, -0.2) is 40.7 Å². The van der Waals surface area contributed by atoms with E-state index in [9.17, 15) is 14.4 Å². The highest BCUT2D eigenvalue weighted by Gasteiger charge is 2.28. The third kappa shape index (κ3) is 4.94. The molecule has 3 aromatic rings. The number of likely N-dealkylation sites (tertiary alicyclic amines) is 1. The second-order valence-corrected chi connectivity index (χ2v) is 7.45. The van der Waals surface area contributed by atoms with Crippen LogP contribution in [0.15, 0.2) is 65.6 Å². The zero-order valence-electron chi connectivity index (χ0n) is 17.2. The summed E-state index contributed by atoms with van der Waals surface area (Å²) in [4.78, 5) is 42.2. The fraction of sp³-hybridized carbons (Fsp3) is 0.217. The quantitative estimate of drug-likeness (QED) is 0.614. The number of rotatable bonds is 6. The monoisotopic (exact) mass is 434 g/mol. The summed E-state index contributed by atoms with van der Waals surface area (Å²) in [5.74, 6) is -0.171.